The second-order valence-corrected chi connectivity index (χ2v) is 12.9. The van der Waals surface area contributed by atoms with E-state index in [1.165, 1.54) is 23.8 Å². The number of carboxylic acids is 1. The second-order valence-electron chi connectivity index (χ2n) is 12.9. The Hall–Kier alpha value is -5.91. The van der Waals surface area contributed by atoms with Gasteiger partial charge in [-0.2, -0.15) is 0 Å². The first-order valence-corrected chi connectivity index (χ1v) is 17.4. The van der Waals surface area contributed by atoms with Gasteiger partial charge in [-0.05, 0) is 67.6 Å². The van der Waals surface area contributed by atoms with Crippen molar-refractivity contribution in [2.24, 2.45) is 0 Å². The molecule has 0 fully saturated rings. The van der Waals surface area contributed by atoms with Crippen molar-refractivity contribution in [3.05, 3.63) is 170 Å². The lowest BCUT2D eigenvalue weighted by atomic mass is 9.80. The molecule has 11 nitrogen and oxygen atoms in total. The van der Waals surface area contributed by atoms with E-state index in [0.717, 1.165) is 23.1 Å². The third-order valence-electron chi connectivity index (χ3n) is 9.21. The Morgan fingerprint density at radius 2 is 1.72 bits per heavy atom. The molecule has 11 heteroatoms. The van der Waals surface area contributed by atoms with Crippen molar-refractivity contribution in [2.75, 3.05) is 26.9 Å². The molecule has 2 atom stereocenters. The summed E-state index contributed by atoms with van der Waals surface area (Å²) in [6.07, 6.45) is 9.00. The molecule has 0 bridgehead atoms. The van der Waals surface area contributed by atoms with Crippen molar-refractivity contribution in [1.29, 1.82) is 0 Å². The van der Waals surface area contributed by atoms with E-state index in [1.807, 2.05) is 67.9 Å². The predicted molar refractivity (Wildman–Crippen MR) is 203 cm³/mol. The number of benzene rings is 3. The van der Waals surface area contributed by atoms with Gasteiger partial charge in [0.25, 0.3) is 5.69 Å². The quantitative estimate of drug-likeness (QED) is 0.0504. The number of carbonyl (C=O) groups is 2. The number of nitro groups is 1. The van der Waals surface area contributed by atoms with Crippen LogP contribution < -0.4 is 5.32 Å². The molecule has 2 unspecified atom stereocenters. The maximum Gasteiger partial charge on any atom is 0.336 e. The minimum atomic E-state index is -1.24. The molecule has 3 aromatic carbocycles. The molecule has 4 aromatic rings. The first-order chi connectivity index (χ1) is 25.6. The zero-order chi connectivity index (χ0) is 37.7. The summed E-state index contributed by atoms with van der Waals surface area (Å²) in [6, 6.07) is 27.6. The molecule has 0 amide bonds. The minimum absolute atomic E-state index is 0.00657. The van der Waals surface area contributed by atoms with Crippen LogP contribution in [0.3, 0.4) is 0 Å². The third kappa shape index (κ3) is 10.3. The van der Waals surface area contributed by atoms with Gasteiger partial charge in [0, 0.05) is 55.1 Å². The maximum absolute atomic E-state index is 13.9. The molecule has 1 aliphatic rings. The summed E-state index contributed by atoms with van der Waals surface area (Å²) in [7, 11) is 1.96. The first kappa shape index (κ1) is 38.3. The van der Waals surface area contributed by atoms with Crippen molar-refractivity contribution in [3.63, 3.8) is 0 Å². The highest BCUT2D eigenvalue weighted by atomic mass is 16.6. The fraction of sp³-hybridized carbons (Fsp3) is 0.262. The normalized spacial score (nSPS) is 15.1. The Labute approximate surface area is 309 Å². The number of esters is 1. The molecule has 0 spiro atoms. The summed E-state index contributed by atoms with van der Waals surface area (Å²) in [5.41, 5.74) is 5.38. The smallest absolute Gasteiger partial charge is 0.336 e. The number of rotatable bonds is 17. The molecule has 2 N–H and O–H groups in total. The number of nitrogens with one attached hydrogen (secondary N) is 1. The molecule has 0 saturated carbocycles. The average molecular weight is 717 g/mol. The van der Waals surface area contributed by atoms with E-state index in [1.54, 1.807) is 26.1 Å². The van der Waals surface area contributed by atoms with E-state index in [9.17, 15) is 24.8 Å². The molecule has 1 aromatic heterocycles. The van der Waals surface area contributed by atoms with E-state index in [4.69, 9.17) is 9.47 Å². The second kappa shape index (κ2) is 18.5. The van der Waals surface area contributed by atoms with Crippen LogP contribution in [0.2, 0.25) is 0 Å². The standard InChI is InChI=1S/C42H44N4O7/c1-29-38(41(47)48)40(35-17-9-19-36(25-35)46(50)51)39(30(2)44-29)42(49)53-28-37(45(3)27-31-12-5-4-6-13-31)20-23-52-22-11-18-33-15-7-8-16-34(33)24-32-14-10-21-43-26-32/h4-19,21,25-26,37,40,44H,20,22-24,27-28H2,1-3H3,(H,47,48)/b18-11+. The number of aromatic nitrogens is 1. The van der Waals surface area contributed by atoms with Gasteiger partial charge in [0.2, 0.25) is 0 Å². The molecular weight excluding hydrogens is 672 g/mol. The lowest BCUT2D eigenvalue weighted by molar-refractivity contribution is -0.384. The van der Waals surface area contributed by atoms with Crippen LogP contribution in [0.15, 0.2) is 132 Å². The lowest BCUT2D eigenvalue weighted by Gasteiger charge is -2.31. The van der Waals surface area contributed by atoms with Gasteiger partial charge in [-0.15, -0.1) is 0 Å². The number of hydrogen-bond acceptors (Lipinski definition) is 9. The van der Waals surface area contributed by atoms with Crippen LogP contribution in [0, 0.1) is 10.1 Å². The molecule has 2 heterocycles. The molecular formula is C42H44N4O7. The Balaban J connectivity index is 1.27. The zero-order valence-electron chi connectivity index (χ0n) is 30.1. The van der Waals surface area contributed by atoms with Gasteiger partial charge in [-0.1, -0.05) is 84.9 Å². The highest BCUT2D eigenvalue weighted by Gasteiger charge is 2.38. The molecule has 274 valence electrons. The van der Waals surface area contributed by atoms with Crippen LogP contribution in [0.5, 0.6) is 0 Å². The summed E-state index contributed by atoms with van der Waals surface area (Å²) < 4.78 is 12.0. The fourth-order valence-corrected chi connectivity index (χ4v) is 6.51. The Kier molecular flexibility index (Phi) is 13.4. The van der Waals surface area contributed by atoms with Crippen LogP contribution >= 0.6 is 0 Å². The number of allylic oxidation sites excluding steroid dienone is 2. The summed E-state index contributed by atoms with van der Waals surface area (Å²) in [5.74, 6) is -3.02. The van der Waals surface area contributed by atoms with E-state index < -0.39 is 22.8 Å². The van der Waals surface area contributed by atoms with Gasteiger partial charge >= 0.3 is 11.9 Å². The van der Waals surface area contributed by atoms with Gasteiger partial charge in [0.05, 0.1) is 28.6 Å². The Bertz CT molecular complexity index is 1990. The summed E-state index contributed by atoms with van der Waals surface area (Å²) >= 11 is 0. The number of carbonyl (C=O) groups excluding carboxylic acids is 1. The Morgan fingerprint density at radius 1 is 0.981 bits per heavy atom. The molecule has 1 aliphatic heterocycles. The summed E-state index contributed by atoms with van der Waals surface area (Å²) in [6.45, 7) is 4.66. The van der Waals surface area contributed by atoms with Gasteiger partial charge in [0.15, 0.2) is 0 Å². The van der Waals surface area contributed by atoms with Crippen molar-refractivity contribution < 1.29 is 29.1 Å². The third-order valence-corrected chi connectivity index (χ3v) is 9.21. The van der Waals surface area contributed by atoms with E-state index in [-0.39, 0.29) is 29.5 Å². The zero-order valence-corrected chi connectivity index (χ0v) is 30.1. The first-order valence-electron chi connectivity index (χ1n) is 17.4. The van der Waals surface area contributed by atoms with Gasteiger partial charge < -0.3 is 19.9 Å². The van der Waals surface area contributed by atoms with Gasteiger partial charge in [0.1, 0.15) is 6.61 Å². The number of ether oxygens (including phenoxy) is 2. The number of nitrogens with zero attached hydrogens (tertiary/aromatic N) is 3. The van der Waals surface area contributed by atoms with Crippen LogP contribution in [0.25, 0.3) is 6.08 Å². The predicted octanol–water partition coefficient (Wildman–Crippen LogP) is 7.06. The molecule has 53 heavy (non-hydrogen) atoms. The maximum atomic E-state index is 13.9. The number of nitro benzene ring substituents is 1. The van der Waals surface area contributed by atoms with Crippen molar-refractivity contribution in [2.45, 2.75) is 45.2 Å². The summed E-state index contributed by atoms with van der Waals surface area (Å²) in [4.78, 5) is 43.8. The average Bonchev–Trinajstić information content (AvgIpc) is 3.15. The number of dihydropyridines is 1. The van der Waals surface area contributed by atoms with Crippen molar-refractivity contribution >= 4 is 23.7 Å². The number of aliphatic carboxylic acids is 1. The van der Waals surface area contributed by atoms with Crippen molar-refractivity contribution in [1.82, 2.24) is 15.2 Å². The van der Waals surface area contributed by atoms with E-state index in [2.05, 4.69) is 39.5 Å². The minimum Gasteiger partial charge on any atom is -0.478 e. The van der Waals surface area contributed by atoms with E-state index in [0.29, 0.717) is 43.1 Å². The molecule has 0 aliphatic carbocycles. The van der Waals surface area contributed by atoms with Crippen LogP contribution in [-0.4, -0.2) is 64.8 Å². The summed E-state index contributed by atoms with van der Waals surface area (Å²) in [5, 5.41) is 24.8. The number of non-ortho nitro benzene ring substituents is 1. The SMILES string of the molecule is CC1=C(C(=O)O)C(c2cccc([N+](=O)[O-])c2)C(C(=O)OCC(CCOC/C=C/c2ccccc2Cc2cccnc2)N(C)Cc2ccccc2)=C(C)N1. The van der Waals surface area contributed by atoms with Crippen LogP contribution in [-0.2, 0) is 32.0 Å². The van der Waals surface area contributed by atoms with Crippen LogP contribution in [0.4, 0.5) is 5.69 Å². The monoisotopic (exact) mass is 716 g/mol. The molecule has 0 radical (unpaired) electrons. The number of likely N-dealkylation sites (N-methyl/N-ethyl adjacent to an activating group) is 1. The van der Waals surface area contributed by atoms with Gasteiger partial charge in [-0.25, -0.2) is 9.59 Å². The highest BCUT2D eigenvalue weighted by molar-refractivity contribution is 5.99. The Morgan fingerprint density at radius 3 is 2.45 bits per heavy atom. The van der Waals surface area contributed by atoms with Crippen LogP contribution in [0.1, 0.15) is 54.0 Å². The van der Waals surface area contributed by atoms with E-state index >= 15 is 0 Å². The number of hydrogen-bond donors (Lipinski definition) is 2. The molecule has 5 rings (SSSR count). The number of carboxylic acid groups (broad SMARTS) is 1. The largest absolute Gasteiger partial charge is 0.478 e. The lowest BCUT2D eigenvalue weighted by Crippen LogP contribution is -2.38. The topological polar surface area (TPSA) is 144 Å². The highest BCUT2D eigenvalue weighted by Crippen LogP contribution is 2.39. The molecule has 0 saturated heterocycles. The number of pyridine rings is 1. The van der Waals surface area contributed by atoms with Gasteiger partial charge in [-0.3, -0.25) is 20.0 Å². The van der Waals surface area contributed by atoms with Crippen molar-refractivity contribution in [3.8, 4) is 0 Å². The fourth-order valence-electron chi connectivity index (χ4n) is 6.51.